The highest BCUT2D eigenvalue weighted by molar-refractivity contribution is 5.73. The summed E-state index contributed by atoms with van der Waals surface area (Å²) in [5.41, 5.74) is 0. The van der Waals surface area contributed by atoms with Gasteiger partial charge < -0.3 is 20.3 Å². The number of piperazine rings is 1. The van der Waals surface area contributed by atoms with Crippen LogP contribution in [0.2, 0.25) is 0 Å². The predicted octanol–water partition coefficient (Wildman–Crippen LogP) is 0.557. The summed E-state index contributed by atoms with van der Waals surface area (Å²) in [7, 11) is 0. The summed E-state index contributed by atoms with van der Waals surface area (Å²) >= 11 is 0. The van der Waals surface area contributed by atoms with Gasteiger partial charge >= 0.3 is 24.3 Å². The van der Waals surface area contributed by atoms with E-state index in [9.17, 15) is 26.3 Å². The first-order valence-electron chi connectivity index (χ1n) is 6.48. The molecule has 0 aromatic rings. The molecular weight excluding hydrogens is 354 g/mol. The average molecular weight is 370 g/mol. The highest BCUT2D eigenvalue weighted by atomic mass is 19.4. The summed E-state index contributed by atoms with van der Waals surface area (Å²) in [5.74, 6) is -5.51. The molecule has 0 saturated carbocycles. The molecule has 0 bridgehead atoms. The fourth-order valence-electron chi connectivity index (χ4n) is 1.48. The Morgan fingerprint density at radius 1 is 0.917 bits per heavy atom. The van der Waals surface area contributed by atoms with Crippen molar-refractivity contribution < 1.29 is 50.9 Å². The zero-order valence-electron chi connectivity index (χ0n) is 12.2. The number of hydrogen-bond donors (Lipinski definition) is 3. The van der Waals surface area contributed by atoms with E-state index in [2.05, 4.69) is 10.2 Å². The van der Waals surface area contributed by atoms with E-state index in [0.717, 1.165) is 32.3 Å². The second kappa shape index (κ2) is 9.64. The molecule has 0 atom stereocenters. The van der Waals surface area contributed by atoms with Crippen LogP contribution in [0.3, 0.4) is 0 Å². The van der Waals surface area contributed by atoms with Crippen molar-refractivity contribution in [1.82, 2.24) is 10.2 Å². The number of alkyl halides is 6. The highest BCUT2D eigenvalue weighted by Crippen LogP contribution is 2.13. The van der Waals surface area contributed by atoms with Gasteiger partial charge in [-0.25, -0.2) is 9.59 Å². The van der Waals surface area contributed by atoms with Gasteiger partial charge in [-0.2, -0.15) is 26.3 Å². The van der Waals surface area contributed by atoms with Gasteiger partial charge in [0.05, 0.1) is 19.3 Å². The van der Waals surface area contributed by atoms with E-state index in [1.165, 1.54) is 13.1 Å². The minimum Gasteiger partial charge on any atom is -0.475 e. The summed E-state index contributed by atoms with van der Waals surface area (Å²) in [6, 6.07) is 0.738. The first-order valence-corrected chi connectivity index (χ1v) is 6.48. The fraction of sp³-hybridized carbons (Fsp3) is 0.818. The molecule has 2 aliphatic heterocycles. The van der Waals surface area contributed by atoms with Crippen molar-refractivity contribution in [3.63, 3.8) is 0 Å². The standard InChI is InChI=1S/C7H14N2O.2C2HF3O2/c1-3-9(4-2-8-1)7-5-10-6-7;2*3-2(4,5)1(6)7/h7-8H,1-6H2;2*(H,6,7). The van der Waals surface area contributed by atoms with Crippen LogP contribution in [0.5, 0.6) is 0 Å². The van der Waals surface area contributed by atoms with Crippen LogP contribution in [0, 0.1) is 0 Å². The van der Waals surface area contributed by atoms with Gasteiger partial charge in [-0.05, 0) is 0 Å². The fourth-order valence-corrected chi connectivity index (χ4v) is 1.48. The number of rotatable bonds is 1. The Morgan fingerprint density at radius 2 is 1.25 bits per heavy atom. The Bertz CT molecular complexity index is 381. The Morgan fingerprint density at radius 3 is 1.46 bits per heavy atom. The Kier molecular flexibility index (Phi) is 8.99. The lowest BCUT2D eigenvalue weighted by atomic mass is 10.2. The van der Waals surface area contributed by atoms with Crippen molar-refractivity contribution in [2.75, 3.05) is 39.4 Å². The van der Waals surface area contributed by atoms with Gasteiger partial charge in [-0.15, -0.1) is 0 Å². The van der Waals surface area contributed by atoms with E-state index < -0.39 is 24.3 Å². The number of halogens is 6. The van der Waals surface area contributed by atoms with E-state index in [1.54, 1.807) is 0 Å². The third kappa shape index (κ3) is 9.52. The summed E-state index contributed by atoms with van der Waals surface area (Å²) in [6.45, 7) is 6.62. The second-order valence-corrected chi connectivity index (χ2v) is 4.58. The van der Waals surface area contributed by atoms with Crippen LogP contribution in [-0.4, -0.2) is 84.8 Å². The molecule has 0 aromatic heterocycles. The number of aliphatic carboxylic acids is 2. The summed E-state index contributed by atoms with van der Waals surface area (Å²) in [5, 5.41) is 17.6. The van der Waals surface area contributed by atoms with Gasteiger partial charge in [-0.1, -0.05) is 0 Å². The van der Waals surface area contributed by atoms with Crippen molar-refractivity contribution in [2.24, 2.45) is 0 Å². The van der Waals surface area contributed by atoms with E-state index in [4.69, 9.17) is 24.5 Å². The van der Waals surface area contributed by atoms with Gasteiger partial charge in [-0.3, -0.25) is 4.90 Å². The maximum atomic E-state index is 10.6. The van der Waals surface area contributed by atoms with Crippen molar-refractivity contribution in [2.45, 2.75) is 18.4 Å². The minimum absolute atomic E-state index is 0.738. The summed E-state index contributed by atoms with van der Waals surface area (Å²) in [6.07, 6.45) is -10.2. The molecular formula is C11H16F6N2O5. The summed E-state index contributed by atoms with van der Waals surface area (Å²) in [4.78, 5) is 20.3. The van der Waals surface area contributed by atoms with Crippen LogP contribution in [-0.2, 0) is 14.3 Å². The van der Waals surface area contributed by atoms with E-state index >= 15 is 0 Å². The molecule has 2 fully saturated rings. The largest absolute Gasteiger partial charge is 0.490 e. The molecule has 0 aromatic carbocycles. The number of carboxylic acids is 2. The van der Waals surface area contributed by atoms with Crippen molar-refractivity contribution in [3.05, 3.63) is 0 Å². The molecule has 0 unspecified atom stereocenters. The minimum atomic E-state index is -5.08. The maximum absolute atomic E-state index is 10.6. The highest BCUT2D eigenvalue weighted by Gasteiger charge is 2.38. The molecule has 2 saturated heterocycles. The van der Waals surface area contributed by atoms with Gasteiger partial charge in [0.1, 0.15) is 0 Å². The molecule has 142 valence electrons. The molecule has 13 heteroatoms. The first-order chi connectivity index (χ1) is 10.9. The monoisotopic (exact) mass is 370 g/mol. The van der Waals surface area contributed by atoms with Crippen LogP contribution in [0.4, 0.5) is 26.3 Å². The SMILES string of the molecule is C1CN(C2COC2)CCN1.O=C(O)C(F)(F)F.O=C(O)C(F)(F)F. The predicted molar refractivity (Wildman–Crippen MR) is 66.4 cm³/mol. The number of carboxylic acid groups (broad SMARTS) is 2. The van der Waals surface area contributed by atoms with Gasteiger partial charge in [0, 0.05) is 26.2 Å². The van der Waals surface area contributed by atoms with Crippen molar-refractivity contribution in [1.29, 1.82) is 0 Å². The number of nitrogens with one attached hydrogen (secondary N) is 1. The zero-order valence-corrected chi connectivity index (χ0v) is 12.2. The Balaban J connectivity index is 0.000000343. The quantitative estimate of drug-likeness (QED) is 0.580. The molecule has 2 aliphatic rings. The van der Waals surface area contributed by atoms with Crippen LogP contribution in [0.15, 0.2) is 0 Å². The van der Waals surface area contributed by atoms with E-state index in [0.29, 0.717) is 0 Å². The number of carbonyl (C=O) groups is 2. The average Bonchev–Trinajstić information content (AvgIpc) is 2.37. The van der Waals surface area contributed by atoms with Gasteiger partial charge in [0.25, 0.3) is 0 Å². The maximum Gasteiger partial charge on any atom is 0.490 e. The number of hydrogen-bond acceptors (Lipinski definition) is 5. The molecule has 2 rings (SSSR count). The molecule has 3 N–H and O–H groups in total. The number of ether oxygens (including phenoxy) is 1. The first kappa shape index (κ1) is 22.4. The van der Waals surface area contributed by atoms with Crippen LogP contribution in [0.1, 0.15) is 0 Å². The van der Waals surface area contributed by atoms with Crippen molar-refractivity contribution in [3.8, 4) is 0 Å². The molecule has 0 spiro atoms. The third-order valence-corrected chi connectivity index (χ3v) is 2.77. The third-order valence-electron chi connectivity index (χ3n) is 2.77. The lowest BCUT2D eigenvalue weighted by molar-refractivity contribution is -0.193. The Labute approximate surface area is 132 Å². The van der Waals surface area contributed by atoms with E-state index in [1.807, 2.05) is 0 Å². The lowest BCUT2D eigenvalue weighted by Crippen LogP contribution is -2.55. The molecule has 2 heterocycles. The summed E-state index contributed by atoms with van der Waals surface area (Å²) < 4.78 is 68.6. The van der Waals surface area contributed by atoms with Crippen LogP contribution >= 0.6 is 0 Å². The smallest absolute Gasteiger partial charge is 0.475 e. The molecule has 7 nitrogen and oxygen atoms in total. The Hall–Kier alpha value is -1.60. The van der Waals surface area contributed by atoms with Gasteiger partial charge in [0.15, 0.2) is 0 Å². The molecule has 0 radical (unpaired) electrons. The number of nitrogens with zero attached hydrogens (tertiary/aromatic N) is 1. The van der Waals surface area contributed by atoms with Crippen molar-refractivity contribution >= 4 is 11.9 Å². The zero-order chi connectivity index (χ0) is 19.0. The normalized spacial score (nSPS) is 19.1. The lowest BCUT2D eigenvalue weighted by Gasteiger charge is -2.39. The molecule has 0 amide bonds. The van der Waals surface area contributed by atoms with Crippen LogP contribution < -0.4 is 5.32 Å². The van der Waals surface area contributed by atoms with Crippen LogP contribution in [0.25, 0.3) is 0 Å². The second-order valence-electron chi connectivity index (χ2n) is 4.58. The molecule has 0 aliphatic carbocycles. The van der Waals surface area contributed by atoms with E-state index in [-0.39, 0.29) is 0 Å². The molecule has 24 heavy (non-hydrogen) atoms. The van der Waals surface area contributed by atoms with Gasteiger partial charge in [0.2, 0.25) is 0 Å². The topological polar surface area (TPSA) is 99.1 Å².